The number of nitrogens with zero attached hydrogens (tertiary/aromatic N) is 1. The van der Waals surface area contributed by atoms with Gasteiger partial charge in [-0.15, -0.1) is 0 Å². The number of phenols is 1. The number of aliphatic hydroxyl groups excluding tert-OH is 1. The largest absolute Gasteiger partial charge is 0.507 e. The number of aromatic hydroxyl groups is 1. The Bertz CT molecular complexity index is 1560. The van der Waals surface area contributed by atoms with Crippen LogP contribution in [0.25, 0.3) is 11.1 Å². The number of anilines is 1. The second-order valence-electron chi connectivity index (χ2n) is 9.58. The maximum atomic E-state index is 13.4. The van der Waals surface area contributed by atoms with Gasteiger partial charge in [-0.1, -0.05) is 72.3 Å². The Morgan fingerprint density at radius 2 is 1.59 bits per heavy atom. The number of para-hydroxylation sites is 1. The normalized spacial score (nSPS) is 18.1. The van der Waals surface area contributed by atoms with Crippen molar-refractivity contribution < 1.29 is 29.4 Å². The molecule has 0 saturated carbocycles. The first kappa shape index (κ1) is 27.1. The number of carbonyl (C=O) groups excluding carboxylic acids is 1. The van der Waals surface area contributed by atoms with Crippen molar-refractivity contribution in [1.29, 1.82) is 0 Å². The molecule has 1 aliphatic heterocycles. The van der Waals surface area contributed by atoms with E-state index in [-0.39, 0.29) is 28.1 Å². The number of amides is 1. The van der Waals surface area contributed by atoms with Crippen molar-refractivity contribution >= 4 is 36.1 Å². The first-order chi connectivity index (χ1) is 18.6. The van der Waals surface area contributed by atoms with E-state index in [4.69, 9.17) is 11.6 Å². The van der Waals surface area contributed by atoms with Gasteiger partial charge in [-0.05, 0) is 60.4 Å². The van der Waals surface area contributed by atoms with Crippen molar-refractivity contribution in [1.82, 2.24) is 0 Å². The summed E-state index contributed by atoms with van der Waals surface area (Å²) in [7, 11) is -4.58. The molecule has 0 aromatic heterocycles. The molecule has 4 aromatic carbocycles. The number of carbonyl (C=O) groups is 1. The number of β-lactam (4-membered cyclic amide) rings is 1. The topological polar surface area (TPSA) is 118 Å². The molecule has 4 aromatic rings. The molecule has 1 amide bonds. The van der Waals surface area contributed by atoms with E-state index in [0.29, 0.717) is 29.0 Å². The van der Waals surface area contributed by atoms with Gasteiger partial charge in [-0.25, -0.2) is 0 Å². The Balaban J connectivity index is 1.46. The van der Waals surface area contributed by atoms with E-state index in [1.807, 2.05) is 30.3 Å². The summed E-state index contributed by atoms with van der Waals surface area (Å²) in [5.41, 5.74) is 2.59. The summed E-state index contributed by atoms with van der Waals surface area (Å²) in [6.07, 6.45) is -0.0393. The Labute approximate surface area is 231 Å². The molecule has 1 aliphatic rings. The van der Waals surface area contributed by atoms with Crippen LogP contribution >= 0.6 is 19.2 Å². The number of benzene rings is 4. The zero-order valence-electron chi connectivity index (χ0n) is 20.8. The van der Waals surface area contributed by atoms with Crippen LogP contribution in [0, 0.1) is 5.92 Å². The first-order valence-electron chi connectivity index (χ1n) is 12.4. The minimum Gasteiger partial charge on any atom is -0.507 e. The Morgan fingerprint density at radius 1 is 0.872 bits per heavy atom. The third kappa shape index (κ3) is 5.50. The molecule has 7 nitrogen and oxygen atoms in total. The van der Waals surface area contributed by atoms with Crippen LogP contribution in [0.2, 0.25) is 5.02 Å². The third-order valence-corrected chi connectivity index (χ3v) is 8.36. The van der Waals surface area contributed by atoms with Gasteiger partial charge in [-0.2, -0.15) is 0 Å². The van der Waals surface area contributed by atoms with Gasteiger partial charge in [0.15, 0.2) is 0 Å². The van der Waals surface area contributed by atoms with E-state index in [1.165, 1.54) is 12.1 Å². The minimum atomic E-state index is -4.58. The number of phenolic OH excluding ortho intramolecular Hbond substituents is 1. The second-order valence-corrected chi connectivity index (χ2v) is 11.6. The van der Waals surface area contributed by atoms with Crippen molar-refractivity contribution in [2.75, 3.05) is 4.90 Å². The van der Waals surface area contributed by atoms with E-state index in [2.05, 4.69) is 0 Å². The molecule has 39 heavy (non-hydrogen) atoms. The van der Waals surface area contributed by atoms with E-state index in [9.17, 15) is 29.4 Å². The molecule has 200 valence electrons. The predicted octanol–water partition coefficient (Wildman–Crippen LogP) is 5.73. The SMILES string of the molecule is O=C1[C@H](CC[C@H](O)c2cccc(Cl)c2)[C@@H](c2ccc(-c3ccccc3P(=O)(O)O)c(O)c2)N1c1ccccc1. The molecule has 9 heteroatoms. The monoisotopic (exact) mass is 563 g/mol. The van der Waals surface area contributed by atoms with Crippen LogP contribution in [-0.2, 0) is 9.36 Å². The predicted molar refractivity (Wildman–Crippen MR) is 151 cm³/mol. The fraction of sp³-hybridized carbons (Fsp3) is 0.167. The standard InChI is InChI=1S/C30H27ClNO6P/c31-21-8-6-7-19(17-21)26(33)16-15-25-29(32(30(25)35)22-9-2-1-3-10-22)20-13-14-23(27(34)18-20)24-11-4-5-12-28(24)39(36,37)38/h1-14,17-18,25-26,29,33-34H,15-16H2,(H2,36,37,38)/t25-,26+,29-/m1/s1. The van der Waals surface area contributed by atoms with Gasteiger partial charge in [0.05, 0.1) is 23.4 Å². The van der Waals surface area contributed by atoms with Crippen LogP contribution < -0.4 is 10.2 Å². The highest BCUT2D eigenvalue weighted by atomic mass is 35.5. The zero-order chi connectivity index (χ0) is 27.7. The Hall–Kier alpha value is -3.45. The highest BCUT2D eigenvalue weighted by molar-refractivity contribution is 7.60. The smallest absolute Gasteiger partial charge is 0.356 e. The van der Waals surface area contributed by atoms with Gasteiger partial charge in [0, 0.05) is 21.8 Å². The average Bonchev–Trinajstić information content (AvgIpc) is 2.91. The van der Waals surface area contributed by atoms with Gasteiger partial charge < -0.3 is 24.9 Å². The number of hydrogen-bond acceptors (Lipinski definition) is 4. The van der Waals surface area contributed by atoms with Crippen LogP contribution in [0.1, 0.15) is 36.1 Å². The molecule has 0 bridgehead atoms. The lowest BCUT2D eigenvalue weighted by Gasteiger charge is -2.48. The molecule has 0 radical (unpaired) electrons. The number of halogens is 1. The molecule has 1 fully saturated rings. The molecule has 4 N–H and O–H groups in total. The summed E-state index contributed by atoms with van der Waals surface area (Å²) in [6, 6.07) is 26.8. The maximum absolute atomic E-state index is 13.4. The molecule has 0 aliphatic carbocycles. The summed E-state index contributed by atoms with van der Waals surface area (Å²) in [5, 5.41) is 22.1. The molecular formula is C30H27ClNO6P. The van der Waals surface area contributed by atoms with Crippen molar-refractivity contribution in [3.05, 3.63) is 113 Å². The van der Waals surface area contributed by atoms with E-state index < -0.39 is 25.7 Å². The van der Waals surface area contributed by atoms with Crippen LogP contribution in [0.3, 0.4) is 0 Å². The fourth-order valence-corrected chi connectivity index (χ4v) is 6.21. The lowest BCUT2D eigenvalue weighted by Crippen LogP contribution is -2.55. The Morgan fingerprint density at radius 3 is 2.28 bits per heavy atom. The fourth-order valence-electron chi connectivity index (χ4n) is 5.22. The summed E-state index contributed by atoms with van der Waals surface area (Å²) in [4.78, 5) is 34.6. The van der Waals surface area contributed by atoms with Gasteiger partial charge in [0.2, 0.25) is 5.91 Å². The van der Waals surface area contributed by atoms with Crippen molar-refractivity contribution in [3.63, 3.8) is 0 Å². The summed E-state index contributed by atoms with van der Waals surface area (Å²) in [5.74, 6) is -0.676. The summed E-state index contributed by atoms with van der Waals surface area (Å²) in [6.45, 7) is 0. The number of rotatable bonds is 8. The highest BCUT2D eigenvalue weighted by Crippen LogP contribution is 2.48. The van der Waals surface area contributed by atoms with Gasteiger partial charge in [-0.3, -0.25) is 9.36 Å². The van der Waals surface area contributed by atoms with Crippen LogP contribution in [0.4, 0.5) is 5.69 Å². The summed E-state index contributed by atoms with van der Waals surface area (Å²) < 4.78 is 12.0. The van der Waals surface area contributed by atoms with Gasteiger partial charge >= 0.3 is 7.60 Å². The second kappa shape index (κ2) is 11.0. The minimum absolute atomic E-state index is 0.0834. The Kier molecular flexibility index (Phi) is 7.63. The summed E-state index contributed by atoms with van der Waals surface area (Å²) >= 11 is 6.07. The molecule has 0 unspecified atom stereocenters. The zero-order valence-corrected chi connectivity index (χ0v) is 22.4. The van der Waals surface area contributed by atoms with Gasteiger partial charge in [0.1, 0.15) is 5.75 Å². The van der Waals surface area contributed by atoms with Crippen LogP contribution in [0.15, 0.2) is 97.1 Å². The van der Waals surface area contributed by atoms with Gasteiger partial charge in [0.25, 0.3) is 0 Å². The maximum Gasteiger partial charge on any atom is 0.356 e. The van der Waals surface area contributed by atoms with Crippen molar-refractivity contribution in [2.45, 2.75) is 25.0 Å². The van der Waals surface area contributed by atoms with E-state index >= 15 is 0 Å². The number of hydrogen-bond donors (Lipinski definition) is 4. The molecule has 1 heterocycles. The average molecular weight is 564 g/mol. The molecule has 5 rings (SSSR count). The molecular weight excluding hydrogens is 537 g/mol. The van der Waals surface area contributed by atoms with Crippen LogP contribution in [-0.4, -0.2) is 25.9 Å². The van der Waals surface area contributed by atoms with Crippen molar-refractivity contribution in [2.24, 2.45) is 5.92 Å². The lowest BCUT2D eigenvalue weighted by atomic mass is 9.78. The third-order valence-electron chi connectivity index (χ3n) is 7.10. The molecule has 0 spiro atoms. The highest BCUT2D eigenvalue weighted by Gasteiger charge is 2.48. The quantitative estimate of drug-likeness (QED) is 0.160. The van der Waals surface area contributed by atoms with E-state index in [1.54, 1.807) is 59.5 Å². The van der Waals surface area contributed by atoms with Crippen molar-refractivity contribution in [3.8, 4) is 16.9 Å². The van der Waals surface area contributed by atoms with Crippen LogP contribution in [0.5, 0.6) is 5.75 Å². The van der Waals surface area contributed by atoms with E-state index in [0.717, 1.165) is 5.69 Å². The molecule has 3 atom stereocenters. The molecule has 1 saturated heterocycles. The number of aliphatic hydroxyl groups is 1. The lowest BCUT2D eigenvalue weighted by molar-refractivity contribution is -0.131. The first-order valence-corrected chi connectivity index (χ1v) is 14.4.